The van der Waals surface area contributed by atoms with E-state index in [9.17, 15) is 4.79 Å². The minimum absolute atomic E-state index is 0.320. The normalized spacial score (nSPS) is 12.2. The first-order valence-corrected chi connectivity index (χ1v) is 5.47. The third-order valence-corrected chi connectivity index (χ3v) is 2.85. The largest absolute Gasteiger partial charge is 0.495 e. The van der Waals surface area contributed by atoms with Crippen LogP contribution in [0.15, 0.2) is 12.1 Å². The highest BCUT2D eigenvalue weighted by atomic mass is 35.5. The summed E-state index contributed by atoms with van der Waals surface area (Å²) < 4.78 is 10.1. The lowest BCUT2D eigenvalue weighted by Crippen LogP contribution is -2.11. The topological polar surface area (TPSA) is 55.8 Å². The Morgan fingerprint density at radius 3 is 2.59 bits per heavy atom. The fourth-order valence-electron chi connectivity index (χ4n) is 1.58. The predicted molar refractivity (Wildman–Crippen MR) is 64.8 cm³/mol. The Morgan fingerprint density at radius 2 is 2.12 bits per heavy atom. The first-order valence-electron chi connectivity index (χ1n) is 5.09. The minimum Gasteiger partial charge on any atom is -0.495 e. The molecule has 0 aliphatic heterocycles. The van der Waals surface area contributed by atoms with Crippen molar-refractivity contribution >= 4 is 17.6 Å². The van der Waals surface area contributed by atoms with Crippen molar-refractivity contribution in [3.05, 3.63) is 28.3 Å². The van der Waals surface area contributed by atoms with E-state index in [4.69, 9.17) is 26.2 Å². The Kier molecular flexibility index (Phi) is 4.78. The molecule has 0 saturated carbocycles. The molecule has 1 unspecified atom stereocenters. The predicted octanol–water partition coefficient (Wildman–Crippen LogP) is 2.68. The average molecular weight is 259 g/mol. The van der Waals surface area contributed by atoms with Gasteiger partial charge in [-0.1, -0.05) is 11.6 Å². The summed E-state index contributed by atoms with van der Waals surface area (Å²) in [6.45, 7) is 1.93. The van der Waals surface area contributed by atoms with E-state index in [1.807, 2.05) is 0 Å². The van der Waals surface area contributed by atoms with Crippen molar-refractivity contribution in [1.29, 1.82) is 0 Å². The minimum atomic E-state index is -0.899. The summed E-state index contributed by atoms with van der Waals surface area (Å²) >= 11 is 5.99. The smallest absolute Gasteiger partial charge is 0.310 e. The molecule has 94 valence electrons. The van der Waals surface area contributed by atoms with Crippen LogP contribution in [0.2, 0.25) is 5.02 Å². The van der Waals surface area contributed by atoms with Crippen molar-refractivity contribution in [3.8, 4) is 5.75 Å². The molecule has 0 amide bonds. The lowest BCUT2D eigenvalue weighted by Gasteiger charge is -2.15. The van der Waals surface area contributed by atoms with Gasteiger partial charge < -0.3 is 14.6 Å². The van der Waals surface area contributed by atoms with Crippen LogP contribution in [0.25, 0.3) is 0 Å². The van der Waals surface area contributed by atoms with Crippen molar-refractivity contribution in [3.63, 3.8) is 0 Å². The first-order chi connectivity index (χ1) is 8.01. The summed E-state index contributed by atoms with van der Waals surface area (Å²) in [4.78, 5) is 11.0. The van der Waals surface area contributed by atoms with Crippen molar-refractivity contribution in [2.75, 3.05) is 14.2 Å². The lowest BCUT2D eigenvalue weighted by molar-refractivity contribution is -0.138. The van der Waals surface area contributed by atoms with E-state index in [-0.39, 0.29) is 0 Å². The molecule has 0 saturated heterocycles. The molecule has 4 nitrogen and oxygen atoms in total. The second-order valence-electron chi connectivity index (χ2n) is 3.68. The third-order valence-electron chi connectivity index (χ3n) is 2.55. The van der Waals surface area contributed by atoms with Gasteiger partial charge in [0, 0.05) is 7.11 Å². The van der Waals surface area contributed by atoms with E-state index < -0.39 is 11.9 Å². The Morgan fingerprint density at radius 1 is 1.47 bits per heavy atom. The molecule has 0 aromatic heterocycles. The van der Waals surface area contributed by atoms with Crippen LogP contribution in [0.1, 0.15) is 24.0 Å². The summed E-state index contributed by atoms with van der Waals surface area (Å²) in [6, 6.07) is 3.33. The highest BCUT2D eigenvalue weighted by Crippen LogP contribution is 2.32. The van der Waals surface area contributed by atoms with Gasteiger partial charge in [-0.3, -0.25) is 4.79 Å². The van der Waals surface area contributed by atoms with E-state index in [0.717, 1.165) is 5.56 Å². The number of halogens is 1. The summed E-state index contributed by atoms with van der Waals surface area (Å²) in [7, 11) is 3.06. The van der Waals surface area contributed by atoms with Crippen molar-refractivity contribution in [2.45, 2.75) is 19.4 Å². The molecule has 0 aliphatic carbocycles. The molecule has 1 N–H and O–H groups in total. The monoisotopic (exact) mass is 258 g/mol. The van der Waals surface area contributed by atoms with Crippen LogP contribution < -0.4 is 4.74 Å². The van der Waals surface area contributed by atoms with Crippen LogP contribution in [-0.2, 0) is 16.1 Å². The van der Waals surface area contributed by atoms with E-state index in [1.54, 1.807) is 26.2 Å². The van der Waals surface area contributed by atoms with Crippen molar-refractivity contribution in [1.82, 2.24) is 0 Å². The first kappa shape index (κ1) is 13.8. The molecule has 0 aliphatic rings. The van der Waals surface area contributed by atoms with Gasteiger partial charge in [0.05, 0.1) is 24.7 Å². The Labute approximate surface area is 105 Å². The number of methoxy groups -OCH3 is 2. The molecular formula is C12H15ClO4. The maximum absolute atomic E-state index is 11.0. The van der Waals surface area contributed by atoms with E-state index in [0.29, 0.717) is 22.9 Å². The number of carbonyl (C=O) groups is 1. The molecule has 1 aromatic rings. The lowest BCUT2D eigenvalue weighted by atomic mass is 9.96. The summed E-state index contributed by atoms with van der Waals surface area (Å²) in [5.74, 6) is -1.02. The number of aliphatic carboxylic acids is 1. The Bertz CT molecular complexity index is 417. The number of carboxylic acids is 1. The zero-order valence-corrected chi connectivity index (χ0v) is 10.7. The molecule has 0 radical (unpaired) electrons. The van der Waals surface area contributed by atoms with E-state index in [1.165, 1.54) is 7.11 Å². The van der Waals surface area contributed by atoms with Gasteiger partial charge in [0.25, 0.3) is 0 Å². The number of ether oxygens (including phenoxy) is 2. The highest BCUT2D eigenvalue weighted by molar-refractivity contribution is 6.32. The van der Waals surface area contributed by atoms with Gasteiger partial charge in [-0.25, -0.2) is 0 Å². The molecule has 1 atom stereocenters. The van der Waals surface area contributed by atoms with Crippen molar-refractivity contribution < 1.29 is 19.4 Å². The van der Waals surface area contributed by atoms with Crippen LogP contribution >= 0.6 is 11.6 Å². The molecule has 1 aromatic carbocycles. The molecule has 0 bridgehead atoms. The molecule has 0 heterocycles. The van der Waals surface area contributed by atoms with Gasteiger partial charge in [-0.15, -0.1) is 0 Å². The molecule has 0 fully saturated rings. The number of carboxylic acid groups (broad SMARTS) is 1. The zero-order chi connectivity index (χ0) is 13.0. The molecular weight excluding hydrogens is 244 g/mol. The fraction of sp³-hybridized carbons (Fsp3) is 0.417. The average Bonchev–Trinajstić information content (AvgIpc) is 2.30. The number of rotatable bonds is 5. The maximum Gasteiger partial charge on any atom is 0.310 e. The second-order valence-corrected chi connectivity index (χ2v) is 4.09. The van der Waals surface area contributed by atoms with Crippen LogP contribution in [0.5, 0.6) is 5.75 Å². The highest BCUT2D eigenvalue weighted by Gasteiger charge is 2.19. The van der Waals surface area contributed by atoms with Gasteiger partial charge in [-0.05, 0) is 30.2 Å². The quantitative estimate of drug-likeness (QED) is 0.882. The molecule has 1 rings (SSSR count). The standard InChI is InChI=1S/C12H15ClO4/c1-7(12(14)15)9-5-10(13)11(17-3)4-8(9)6-16-2/h4-5,7H,6H2,1-3H3,(H,14,15). The van der Waals surface area contributed by atoms with Gasteiger partial charge in [0.2, 0.25) is 0 Å². The van der Waals surface area contributed by atoms with Crippen LogP contribution in [0, 0.1) is 0 Å². The van der Waals surface area contributed by atoms with Crippen molar-refractivity contribution in [2.24, 2.45) is 0 Å². The van der Waals surface area contributed by atoms with Gasteiger partial charge in [0.1, 0.15) is 5.75 Å². The number of benzene rings is 1. The van der Waals surface area contributed by atoms with Gasteiger partial charge in [0.15, 0.2) is 0 Å². The summed E-state index contributed by atoms with van der Waals surface area (Å²) in [5, 5.41) is 9.43. The van der Waals surface area contributed by atoms with Crippen LogP contribution in [-0.4, -0.2) is 25.3 Å². The molecule has 17 heavy (non-hydrogen) atoms. The van der Waals surface area contributed by atoms with E-state index in [2.05, 4.69) is 0 Å². The second kappa shape index (κ2) is 5.89. The molecule has 0 spiro atoms. The number of hydrogen-bond donors (Lipinski definition) is 1. The molecule has 5 heteroatoms. The third kappa shape index (κ3) is 3.11. The zero-order valence-electron chi connectivity index (χ0n) is 9.99. The fourth-order valence-corrected chi connectivity index (χ4v) is 1.83. The summed E-state index contributed by atoms with van der Waals surface area (Å²) in [5.41, 5.74) is 1.41. The Hall–Kier alpha value is -1.26. The van der Waals surface area contributed by atoms with Gasteiger partial charge >= 0.3 is 5.97 Å². The van der Waals surface area contributed by atoms with E-state index >= 15 is 0 Å². The van der Waals surface area contributed by atoms with Crippen LogP contribution in [0.3, 0.4) is 0 Å². The SMILES string of the molecule is COCc1cc(OC)c(Cl)cc1C(C)C(=O)O. The van der Waals surface area contributed by atoms with Crippen LogP contribution in [0.4, 0.5) is 0 Å². The summed E-state index contributed by atoms with van der Waals surface area (Å²) in [6.07, 6.45) is 0. The number of hydrogen-bond acceptors (Lipinski definition) is 3. The maximum atomic E-state index is 11.0. The van der Waals surface area contributed by atoms with Gasteiger partial charge in [-0.2, -0.15) is 0 Å². The Balaban J connectivity index is 3.26.